The van der Waals surface area contributed by atoms with Crippen LogP contribution < -0.4 is 4.74 Å². The second kappa shape index (κ2) is 6.88. The molecular weight excluding hydrogens is 390 g/mol. The molecule has 1 heterocycles. The van der Waals surface area contributed by atoms with Gasteiger partial charge in [0.25, 0.3) is 0 Å². The minimum Gasteiger partial charge on any atom is -0.489 e. The van der Waals surface area contributed by atoms with Crippen molar-refractivity contribution in [3.63, 3.8) is 0 Å². The van der Waals surface area contributed by atoms with E-state index in [0.717, 1.165) is 13.2 Å². The van der Waals surface area contributed by atoms with Crippen molar-refractivity contribution in [2.24, 2.45) is 0 Å². The van der Waals surface area contributed by atoms with Crippen molar-refractivity contribution >= 4 is 11.5 Å². The molecule has 0 amide bonds. The van der Waals surface area contributed by atoms with Gasteiger partial charge in [0.1, 0.15) is 12.4 Å². The smallest absolute Gasteiger partial charge is 0.417 e. The van der Waals surface area contributed by atoms with Crippen LogP contribution in [0.4, 0.5) is 26.3 Å². The van der Waals surface area contributed by atoms with Crippen molar-refractivity contribution in [2.45, 2.75) is 12.4 Å². The first-order valence-electron chi connectivity index (χ1n) is 7.87. The highest BCUT2D eigenvalue weighted by atomic mass is 19.4. The Morgan fingerprint density at radius 1 is 0.964 bits per heavy atom. The van der Waals surface area contributed by atoms with Gasteiger partial charge in [-0.25, -0.2) is 4.79 Å². The van der Waals surface area contributed by atoms with Gasteiger partial charge in [-0.3, -0.25) is 0 Å². The lowest BCUT2D eigenvalue weighted by atomic mass is 9.89. The molecule has 1 aliphatic heterocycles. The zero-order chi connectivity index (χ0) is 20.7. The lowest BCUT2D eigenvalue weighted by molar-refractivity contribution is -0.143. The number of fused-ring (bicyclic) bond motifs is 1. The average molecular weight is 402 g/mol. The molecular formula is C19H12F6O3. The fraction of sp³-hybridized carbons (Fsp3) is 0.211. The third kappa shape index (κ3) is 3.69. The number of halogens is 6. The number of methoxy groups -OCH3 is 1. The third-order valence-electron chi connectivity index (χ3n) is 4.16. The summed E-state index contributed by atoms with van der Waals surface area (Å²) in [6.45, 7) is -0.0712. The monoisotopic (exact) mass is 402 g/mol. The van der Waals surface area contributed by atoms with Gasteiger partial charge in [0, 0.05) is 5.56 Å². The van der Waals surface area contributed by atoms with E-state index in [0.29, 0.717) is 6.07 Å². The highest BCUT2D eigenvalue weighted by Gasteiger charge is 2.39. The Hall–Kier alpha value is -2.97. The van der Waals surface area contributed by atoms with Crippen LogP contribution in [0.5, 0.6) is 5.75 Å². The normalized spacial score (nSPS) is 14.0. The number of rotatable bonds is 2. The predicted octanol–water partition coefficient (Wildman–Crippen LogP) is 5.33. The van der Waals surface area contributed by atoms with Gasteiger partial charge in [-0.2, -0.15) is 26.3 Å². The Morgan fingerprint density at radius 3 is 2.29 bits per heavy atom. The van der Waals surface area contributed by atoms with Gasteiger partial charge in [0.05, 0.1) is 23.8 Å². The minimum absolute atomic E-state index is 0.0213. The average Bonchev–Trinajstić information content (AvgIpc) is 2.64. The maximum atomic E-state index is 13.5. The van der Waals surface area contributed by atoms with Crippen molar-refractivity contribution in [2.75, 3.05) is 13.7 Å². The van der Waals surface area contributed by atoms with Crippen molar-refractivity contribution in [1.82, 2.24) is 0 Å². The predicted molar refractivity (Wildman–Crippen MR) is 86.8 cm³/mol. The number of esters is 1. The molecule has 3 nitrogen and oxygen atoms in total. The molecule has 148 valence electrons. The molecule has 0 radical (unpaired) electrons. The summed E-state index contributed by atoms with van der Waals surface area (Å²) in [5.74, 6) is -0.505. The molecule has 9 heteroatoms. The molecule has 2 aromatic rings. The van der Waals surface area contributed by atoms with E-state index in [1.54, 1.807) is 0 Å². The van der Waals surface area contributed by atoms with E-state index in [-0.39, 0.29) is 35.1 Å². The number of carbonyl (C=O) groups is 1. The number of benzene rings is 2. The van der Waals surface area contributed by atoms with E-state index in [9.17, 15) is 31.1 Å². The molecule has 2 aromatic carbocycles. The second-order valence-corrected chi connectivity index (χ2v) is 5.89. The standard InChI is InChI=1S/C19H12F6O3/c1-27-17(26)10-2-5-16-14(8-10)12(6-7-28-16)13-4-3-11(18(20,21)22)9-15(13)19(23,24)25/h2-6,8-9H,7H2,1H3. The molecule has 0 N–H and O–H groups in total. The summed E-state index contributed by atoms with van der Waals surface area (Å²) in [7, 11) is 1.15. The van der Waals surface area contributed by atoms with Crippen LogP contribution in [0.2, 0.25) is 0 Å². The van der Waals surface area contributed by atoms with E-state index >= 15 is 0 Å². The Labute approximate surface area is 155 Å². The fourth-order valence-corrected chi connectivity index (χ4v) is 2.88. The Morgan fingerprint density at radius 2 is 1.68 bits per heavy atom. The Kier molecular flexibility index (Phi) is 4.86. The van der Waals surface area contributed by atoms with Crippen LogP contribution in [0.1, 0.15) is 32.6 Å². The van der Waals surface area contributed by atoms with Gasteiger partial charge in [0.2, 0.25) is 0 Å². The van der Waals surface area contributed by atoms with E-state index in [1.165, 1.54) is 24.3 Å². The quantitative estimate of drug-likeness (QED) is 0.503. The molecule has 0 aliphatic carbocycles. The highest BCUT2D eigenvalue weighted by Crippen LogP contribution is 2.43. The Bertz CT molecular complexity index is 957. The number of ether oxygens (including phenoxy) is 2. The number of hydrogen-bond acceptors (Lipinski definition) is 3. The van der Waals surface area contributed by atoms with Crippen molar-refractivity contribution in [1.29, 1.82) is 0 Å². The topological polar surface area (TPSA) is 35.5 Å². The molecule has 0 aromatic heterocycles. The van der Waals surface area contributed by atoms with Crippen molar-refractivity contribution < 1.29 is 40.6 Å². The zero-order valence-electron chi connectivity index (χ0n) is 14.2. The molecule has 0 bridgehead atoms. The molecule has 3 rings (SSSR count). The molecule has 28 heavy (non-hydrogen) atoms. The van der Waals surface area contributed by atoms with Gasteiger partial charge in [-0.05, 0) is 47.5 Å². The molecule has 0 fully saturated rings. The summed E-state index contributed by atoms with van der Waals surface area (Å²) < 4.78 is 89.2. The minimum atomic E-state index is -5.02. The molecule has 0 saturated carbocycles. The Balaban J connectivity index is 2.20. The van der Waals surface area contributed by atoms with Crippen LogP contribution in [0.3, 0.4) is 0 Å². The molecule has 0 spiro atoms. The molecule has 0 atom stereocenters. The summed E-state index contributed by atoms with van der Waals surface area (Å²) in [6.07, 6.45) is -8.62. The van der Waals surface area contributed by atoms with Crippen LogP contribution in [0.15, 0.2) is 42.5 Å². The first kappa shape index (κ1) is 19.8. The molecule has 0 saturated heterocycles. The van der Waals surface area contributed by atoms with Gasteiger partial charge >= 0.3 is 18.3 Å². The van der Waals surface area contributed by atoms with Gasteiger partial charge in [0.15, 0.2) is 0 Å². The summed E-state index contributed by atoms with van der Waals surface area (Å²) in [4.78, 5) is 11.7. The fourth-order valence-electron chi connectivity index (χ4n) is 2.88. The highest BCUT2D eigenvalue weighted by molar-refractivity contribution is 5.93. The summed E-state index contributed by atoms with van der Waals surface area (Å²) in [5.41, 5.74) is -3.03. The summed E-state index contributed by atoms with van der Waals surface area (Å²) in [5, 5.41) is 0. The van der Waals surface area contributed by atoms with Gasteiger partial charge in [-0.15, -0.1) is 0 Å². The molecule has 1 aliphatic rings. The van der Waals surface area contributed by atoms with E-state index in [2.05, 4.69) is 4.74 Å². The number of hydrogen-bond donors (Lipinski definition) is 0. The maximum absolute atomic E-state index is 13.5. The third-order valence-corrected chi connectivity index (χ3v) is 4.16. The van der Waals surface area contributed by atoms with E-state index < -0.39 is 35.0 Å². The first-order chi connectivity index (χ1) is 13.0. The van der Waals surface area contributed by atoms with Crippen molar-refractivity contribution in [3.05, 3.63) is 70.3 Å². The maximum Gasteiger partial charge on any atom is 0.417 e. The zero-order valence-corrected chi connectivity index (χ0v) is 14.2. The van der Waals surface area contributed by atoms with Crippen LogP contribution in [-0.2, 0) is 17.1 Å². The molecule has 0 unspecified atom stereocenters. The summed E-state index contributed by atoms with van der Waals surface area (Å²) in [6, 6.07) is 5.50. The van der Waals surface area contributed by atoms with Crippen molar-refractivity contribution in [3.8, 4) is 5.75 Å². The van der Waals surface area contributed by atoms with Crippen LogP contribution in [0, 0.1) is 0 Å². The lowest BCUT2D eigenvalue weighted by Crippen LogP contribution is -2.15. The van der Waals surface area contributed by atoms with Gasteiger partial charge in [-0.1, -0.05) is 6.07 Å². The van der Waals surface area contributed by atoms with Crippen LogP contribution in [-0.4, -0.2) is 19.7 Å². The second-order valence-electron chi connectivity index (χ2n) is 5.89. The van der Waals surface area contributed by atoms with Crippen LogP contribution in [0.25, 0.3) is 5.57 Å². The van der Waals surface area contributed by atoms with E-state index in [4.69, 9.17) is 4.74 Å². The SMILES string of the molecule is COC(=O)c1ccc2c(c1)C(c1ccc(C(F)(F)F)cc1C(F)(F)F)=CCO2. The number of carbonyl (C=O) groups excluding carboxylic acids is 1. The largest absolute Gasteiger partial charge is 0.489 e. The van der Waals surface area contributed by atoms with Gasteiger partial charge < -0.3 is 9.47 Å². The van der Waals surface area contributed by atoms with Crippen LogP contribution >= 0.6 is 0 Å². The first-order valence-corrected chi connectivity index (χ1v) is 7.87. The number of alkyl halides is 6. The summed E-state index contributed by atoms with van der Waals surface area (Å²) >= 11 is 0. The van der Waals surface area contributed by atoms with E-state index in [1.807, 2.05) is 0 Å². The lowest BCUT2D eigenvalue weighted by Gasteiger charge is -2.23.